The topological polar surface area (TPSA) is 69.8 Å². The van der Waals surface area contributed by atoms with Crippen molar-refractivity contribution in [3.63, 3.8) is 0 Å². The zero-order chi connectivity index (χ0) is 12.3. The van der Waals surface area contributed by atoms with Crippen LogP contribution >= 0.6 is 0 Å². The Morgan fingerprint density at radius 3 is 2.29 bits per heavy atom. The molecule has 3 N–H and O–H groups in total. The first kappa shape index (κ1) is 11.7. The molecule has 1 heterocycles. The van der Waals surface area contributed by atoms with Crippen molar-refractivity contribution in [3.8, 4) is 0 Å². The summed E-state index contributed by atoms with van der Waals surface area (Å²) in [4.78, 5) is 14.8. The molecule has 0 radical (unpaired) electrons. The second-order valence-corrected chi connectivity index (χ2v) is 4.25. The fourth-order valence-corrected chi connectivity index (χ4v) is 2.04. The minimum Gasteiger partial charge on any atom is -0.480 e. The van der Waals surface area contributed by atoms with Gasteiger partial charge >= 0.3 is 5.97 Å². The highest BCUT2D eigenvalue weighted by atomic mass is 16.4. The molecule has 0 amide bonds. The smallest absolute Gasteiger partial charge is 0.317 e. The van der Waals surface area contributed by atoms with E-state index in [1.807, 2.05) is 29.2 Å². The van der Waals surface area contributed by atoms with Crippen LogP contribution in [0.2, 0.25) is 0 Å². The molecule has 1 fully saturated rings. The monoisotopic (exact) mass is 235 g/mol. The molecule has 1 aliphatic heterocycles. The van der Waals surface area contributed by atoms with Crippen LogP contribution in [0.25, 0.3) is 0 Å². The molecule has 5 nitrogen and oxygen atoms in total. The third-order valence-electron chi connectivity index (χ3n) is 2.99. The number of rotatable bonds is 3. The summed E-state index contributed by atoms with van der Waals surface area (Å²) in [5.74, 6) is -0.758. The third kappa shape index (κ3) is 3.10. The second-order valence-electron chi connectivity index (χ2n) is 4.25. The van der Waals surface area contributed by atoms with Crippen LogP contribution in [0.3, 0.4) is 0 Å². The first-order valence-electron chi connectivity index (χ1n) is 5.70. The van der Waals surface area contributed by atoms with Gasteiger partial charge in [-0.2, -0.15) is 0 Å². The van der Waals surface area contributed by atoms with E-state index < -0.39 is 5.97 Å². The van der Waals surface area contributed by atoms with Crippen molar-refractivity contribution in [1.82, 2.24) is 4.90 Å². The molecule has 0 atom stereocenters. The number of carboxylic acids is 1. The fourth-order valence-electron chi connectivity index (χ4n) is 2.04. The summed E-state index contributed by atoms with van der Waals surface area (Å²) in [6, 6.07) is 7.78. The first-order valence-corrected chi connectivity index (χ1v) is 5.70. The molecule has 0 spiro atoms. The third-order valence-corrected chi connectivity index (χ3v) is 2.99. The van der Waals surface area contributed by atoms with Gasteiger partial charge in [-0.15, -0.1) is 0 Å². The van der Waals surface area contributed by atoms with Gasteiger partial charge in [-0.05, 0) is 24.3 Å². The van der Waals surface area contributed by atoms with Crippen molar-refractivity contribution >= 4 is 17.3 Å². The van der Waals surface area contributed by atoms with Crippen LogP contribution < -0.4 is 10.6 Å². The van der Waals surface area contributed by atoms with E-state index in [2.05, 4.69) is 4.90 Å². The minimum absolute atomic E-state index is 0.135. The van der Waals surface area contributed by atoms with Crippen molar-refractivity contribution in [3.05, 3.63) is 24.3 Å². The average molecular weight is 235 g/mol. The zero-order valence-electron chi connectivity index (χ0n) is 9.67. The van der Waals surface area contributed by atoms with Gasteiger partial charge in [0.1, 0.15) is 0 Å². The molecule has 1 aromatic carbocycles. The second kappa shape index (κ2) is 5.05. The number of aliphatic carboxylic acids is 1. The van der Waals surface area contributed by atoms with Gasteiger partial charge in [0.25, 0.3) is 0 Å². The van der Waals surface area contributed by atoms with Gasteiger partial charge in [0.05, 0.1) is 6.54 Å². The van der Waals surface area contributed by atoms with E-state index >= 15 is 0 Å². The van der Waals surface area contributed by atoms with E-state index in [4.69, 9.17) is 10.8 Å². The molecule has 0 aromatic heterocycles. The van der Waals surface area contributed by atoms with E-state index in [0.717, 1.165) is 37.6 Å². The van der Waals surface area contributed by atoms with Gasteiger partial charge in [-0.1, -0.05) is 0 Å². The standard InChI is InChI=1S/C12H17N3O2/c13-10-1-3-11(4-2-10)15-7-5-14(6-8-15)9-12(16)17/h1-4H,5-9,13H2,(H,16,17). The lowest BCUT2D eigenvalue weighted by molar-refractivity contribution is -0.138. The number of nitrogens with zero attached hydrogens (tertiary/aromatic N) is 2. The zero-order valence-corrected chi connectivity index (χ0v) is 9.67. The number of hydrogen-bond donors (Lipinski definition) is 2. The number of hydrogen-bond acceptors (Lipinski definition) is 4. The predicted octanol–water partition coefficient (Wildman–Crippen LogP) is 0.475. The minimum atomic E-state index is -0.758. The maximum Gasteiger partial charge on any atom is 0.317 e. The van der Waals surface area contributed by atoms with E-state index in [1.54, 1.807) is 0 Å². The van der Waals surface area contributed by atoms with E-state index in [1.165, 1.54) is 0 Å². The largest absolute Gasteiger partial charge is 0.480 e. The Bertz CT molecular complexity index is 383. The molecule has 0 aliphatic carbocycles. The first-order chi connectivity index (χ1) is 8.15. The van der Waals surface area contributed by atoms with E-state index in [0.29, 0.717) is 0 Å². The lowest BCUT2D eigenvalue weighted by Crippen LogP contribution is -2.47. The van der Waals surface area contributed by atoms with Crippen molar-refractivity contribution in [2.75, 3.05) is 43.4 Å². The van der Waals surface area contributed by atoms with Gasteiger partial charge in [0, 0.05) is 37.6 Å². The molecular weight excluding hydrogens is 218 g/mol. The van der Waals surface area contributed by atoms with Crippen LogP contribution in [-0.2, 0) is 4.79 Å². The Morgan fingerprint density at radius 1 is 1.18 bits per heavy atom. The molecule has 0 unspecified atom stereocenters. The highest BCUT2D eigenvalue weighted by molar-refractivity contribution is 5.69. The van der Waals surface area contributed by atoms with Crippen LogP contribution in [0.4, 0.5) is 11.4 Å². The number of nitrogens with two attached hydrogens (primary N) is 1. The maximum absolute atomic E-state index is 10.6. The van der Waals surface area contributed by atoms with E-state index in [9.17, 15) is 4.79 Å². The molecular formula is C12H17N3O2. The SMILES string of the molecule is Nc1ccc(N2CCN(CC(=O)O)CC2)cc1. The summed E-state index contributed by atoms with van der Waals surface area (Å²) in [6.07, 6.45) is 0. The normalized spacial score (nSPS) is 17.1. The van der Waals surface area contributed by atoms with Crippen LogP contribution in [0.15, 0.2) is 24.3 Å². The lowest BCUT2D eigenvalue weighted by Gasteiger charge is -2.35. The van der Waals surface area contributed by atoms with Crippen molar-refractivity contribution in [2.45, 2.75) is 0 Å². The molecule has 0 saturated carbocycles. The molecule has 1 aliphatic rings. The predicted molar refractivity (Wildman–Crippen MR) is 67.1 cm³/mol. The van der Waals surface area contributed by atoms with Crippen molar-refractivity contribution < 1.29 is 9.90 Å². The Morgan fingerprint density at radius 2 is 1.76 bits per heavy atom. The molecule has 2 rings (SSSR count). The van der Waals surface area contributed by atoms with Crippen LogP contribution in [0.1, 0.15) is 0 Å². The molecule has 1 aromatic rings. The number of nitrogen functional groups attached to an aromatic ring is 1. The number of benzene rings is 1. The summed E-state index contributed by atoms with van der Waals surface area (Å²) in [6.45, 7) is 3.43. The summed E-state index contributed by atoms with van der Waals surface area (Å²) in [7, 11) is 0. The van der Waals surface area contributed by atoms with Gasteiger partial charge in [0.15, 0.2) is 0 Å². The Labute approximate surface area is 100 Å². The highest BCUT2D eigenvalue weighted by Crippen LogP contribution is 2.17. The van der Waals surface area contributed by atoms with Crippen molar-refractivity contribution in [1.29, 1.82) is 0 Å². The van der Waals surface area contributed by atoms with Crippen LogP contribution in [-0.4, -0.2) is 48.7 Å². The molecule has 5 heteroatoms. The molecule has 0 bridgehead atoms. The maximum atomic E-state index is 10.6. The fraction of sp³-hybridized carbons (Fsp3) is 0.417. The molecule has 92 valence electrons. The summed E-state index contributed by atoms with van der Waals surface area (Å²) in [5.41, 5.74) is 7.55. The van der Waals surface area contributed by atoms with Crippen molar-refractivity contribution in [2.24, 2.45) is 0 Å². The quantitative estimate of drug-likeness (QED) is 0.746. The lowest BCUT2D eigenvalue weighted by atomic mass is 10.2. The van der Waals surface area contributed by atoms with Gasteiger partial charge in [-0.3, -0.25) is 9.69 Å². The van der Waals surface area contributed by atoms with Gasteiger partial charge in [-0.25, -0.2) is 0 Å². The van der Waals surface area contributed by atoms with E-state index in [-0.39, 0.29) is 6.54 Å². The van der Waals surface area contributed by atoms with Gasteiger partial charge in [0.2, 0.25) is 0 Å². The number of carboxylic acid groups (broad SMARTS) is 1. The average Bonchev–Trinajstić information content (AvgIpc) is 2.30. The molecule has 1 saturated heterocycles. The Balaban J connectivity index is 1.90. The summed E-state index contributed by atoms with van der Waals surface area (Å²) < 4.78 is 0. The number of anilines is 2. The summed E-state index contributed by atoms with van der Waals surface area (Å²) >= 11 is 0. The number of carbonyl (C=O) groups is 1. The Kier molecular flexibility index (Phi) is 3.49. The van der Waals surface area contributed by atoms with Gasteiger partial charge < -0.3 is 15.7 Å². The van der Waals surface area contributed by atoms with Crippen LogP contribution in [0.5, 0.6) is 0 Å². The highest BCUT2D eigenvalue weighted by Gasteiger charge is 2.18. The molecule has 17 heavy (non-hydrogen) atoms. The van der Waals surface area contributed by atoms with Crippen LogP contribution in [0, 0.1) is 0 Å². The number of piperazine rings is 1. The Hall–Kier alpha value is -1.75. The summed E-state index contributed by atoms with van der Waals surface area (Å²) in [5, 5.41) is 8.71.